The molecular weight excluding hydrogens is 793 g/mol. The zero-order valence-electron chi connectivity index (χ0n) is 42.3. The molecule has 0 heterocycles. The highest BCUT2D eigenvalue weighted by atomic mass is 16.6. The van der Waals surface area contributed by atoms with Crippen LogP contribution in [0.1, 0.15) is 271 Å². The quantitative estimate of drug-likeness (QED) is 0.0262. The summed E-state index contributed by atoms with van der Waals surface area (Å²) in [5.74, 6) is -0.920. The van der Waals surface area contributed by atoms with Crippen LogP contribution in [0.3, 0.4) is 0 Å². The highest BCUT2D eigenvalue weighted by molar-refractivity contribution is 5.71. The molecule has 0 radical (unpaired) electrons. The minimum Gasteiger partial charge on any atom is -0.462 e. The van der Waals surface area contributed by atoms with Crippen molar-refractivity contribution in [2.24, 2.45) is 0 Å². The molecule has 1 atom stereocenters. The molecule has 1 unspecified atom stereocenters. The van der Waals surface area contributed by atoms with Gasteiger partial charge in [-0.15, -0.1) is 0 Å². The number of carbonyl (C=O) groups excluding carboxylic acids is 3. The Bertz CT molecular complexity index is 1170. The van der Waals surface area contributed by atoms with Gasteiger partial charge in [-0.2, -0.15) is 0 Å². The van der Waals surface area contributed by atoms with E-state index in [0.717, 1.165) is 64.2 Å². The fourth-order valence-electron chi connectivity index (χ4n) is 7.82. The molecular formula is C58H102O6. The van der Waals surface area contributed by atoms with E-state index in [4.69, 9.17) is 14.2 Å². The molecule has 6 nitrogen and oxygen atoms in total. The van der Waals surface area contributed by atoms with Crippen molar-refractivity contribution in [2.45, 2.75) is 277 Å². The molecule has 0 aromatic carbocycles. The highest BCUT2D eigenvalue weighted by Gasteiger charge is 2.19. The molecule has 0 aliphatic carbocycles. The van der Waals surface area contributed by atoms with Gasteiger partial charge in [0.15, 0.2) is 6.10 Å². The first-order chi connectivity index (χ1) is 31.5. The van der Waals surface area contributed by atoms with E-state index in [0.29, 0.717) is 19.3 Å². The Labute approximate surface area is 396 Å². The molecule has 370 valence electrons. The fourth-order valence-corrected chi connectivity index (χ4v) is 7.82. The van der Waals surface area contributed by atoms with Gasteiger partial charge in [0.25, 0.3) is 0 Å². The summed E-state index contributed by atoms with van der Waals surface area (Å²) in [6.45, 7) is 6.48. The standard InChI is InChI=1S/C58H102O6/c1-4-7-10-13-16-19-22-25-27-28-29-30-32-33-36-39-42-45-48-51-57(60)63-54-55(53-62-56(59)50-47-44-41-38-35-24-21-18-15-12-9-6-3)64-58(61)52-49-46-43-40-37-34-31-26-23-20-17-14-11-8-5-2/h8,11,14,17,20,23,26,31,34,37,55H,4-7,9-10,12-13,15-16,18-19,21-22,24-25,27-30,32-33,35-36,38-54H2,1-3H3/b11-8-,17-14-,23-20-,31-26-,37-34-. The fraction of sp³-hybridized carbons (Fsp3) is 0.776. The first kappa shape index (κ1) is 61.1. The lowest BCUT2D eigenvalue weighted by molar-refractivity contribution is -0.167. The van der Waals surface area contributed by atoms with Crippen molar-refractivity contribution in [2.75, 3.05) is 13.2 Å². The molecule has 0 aromatic heterocycles. The van der Waals surface area contributed by atoms with Gasteiger partial charge in [0.2, 0.25) is 0 Å². The van der Waals surface area contributed by atoms with Crippen molar-refractivity contribution >= 4 is 17.9 Å². The van der Waals surface area contributed by atoms with Crippen molar-refractivity contribution in [1.29, 1.82) is 0 Å². The van der Waals surface area contributed by atoms with E-state index < -0.39 is 6.10 Å². The SMILES string of the molecule is CC\C=C/C=C\C=C/C=C\C=C/CCCCCC(=O)OC(COC(=O)CCCCCCCCCCCCCC)COC(=O)CCCCCCCCCCCCCCCCCCCCC. The summed E-state index contributed by atoms with van der Waals surface area (Å²) in [6, 6.07) is 0. The summed E-state index contributed by atoms with van der Waals surface area (Å²) < 4.78 is 16.8. The normalized spacial score (nSPS) is 12.5. The van der Waals surface area contributed by atoms with Gasteiger partial charge in [-0.05, 0) is 38.5 Å². The Morgan fingerprint density at radius 1 is 0.328 bits per heavy atom. The van der Waals surface area contributed by atoms with Crippen LogP contribution in [0, 0.1) is 0 Å². The van der Waals surface area contributed by atoms with E-state index in [2.05, 4.69) is 32.9 Å². The summed E-state index contributed by atoms with van der Waals surface area (Å²) >= 11 is 0. The Morgan fingerprint density at radius 2 is 0.609 bits per heavy atom. The van der Waals surface area contributed by atoms with Crippen LogP contribution in [0.25, 0.3) is 0 Å². The summed E-state index contributed by atoms with van der Waals surface area (Å²) in [6.07, 6.45) is 65.0. The molecule has 0 spiro atoms. The smallest absolute Gasteiger partial charge is 0.306 e. The lowest BCUT2D eigenvalue weighted by Gasteiger charge is -2.18. The molecule has 0 bridgehead atoms. The molecule has 0 aliphatic heterocycles. The Hall–Kier alpha value is -2.89. The second-order valence-corrected chi connectivity index (χ2v) is 18.2. The zero-order valence-corrected chi connectivity index (χ0v) is 42.3. The Morgan fingerprint density at radius 3 is 0.953 bits per heavy atom. The van der Waals surface area contributed by atoms with Gasteiger partial charge in [0.05, 0.1) is 0 Å². The van der Waals surface area contributed by atoms with E-state index in [1.165, 1.54) is 161 Å². The van der Waals surface area contributed by atoms with Gasteiger partial charge < -0.3 is 14.2 Å². The van der Waals surface area contributed by atoms with Crippen LogP contribution in [0.15, 0.2) is 60.8 Å². The van der Waals surface area contributed by atoms with Gasteiger partial charge in [-0.1, -0.05) is 274 Å². The Kier molecular flexibility index (Phi) is 50.4. The monoisotopic (exact) mass is 895 g/mol. The van der Waals surface area contributed by atoms with E-state index >= 15 is 0 Å². The summed E-state index contributed by atoms with van der Waals surface area (Å²) in [4.78, 5) is 38.0. The molecule has 0 amide bonds. The van der Waals surface area contributed by atoms with Gasteiger partial charge in [-0.3, -0.25) is 14.4 Å². The summed E-state index contributed by atoms with van der Waals surface area (Å²) in [5, 5.41) is 0. The number of esters is 3. The second kappa shape index (κ2) is 52.7. The molecule has 0 aliphatic rings. The molecule has 6 heteroatoms. The third-order valence-corrected chi connectivity index (χ3v) is 11.9. The lowest BCUT2D eigenvalue weighted by atomic mass is 10.0. The van der Waals surface area contributed by atoms with Crippen molar-refractivity contribution in [3.05, 3.63) is 60.8 Å². The number of carbonyl (C=O) groups is 3. The number of ether oxygens (including phenoxy) is 3. The van der Waals surface area contributed by atoms with Gasteiger partial charge in [0.1, 0.15) is 13.2 Å². The first-order valence-corrected chi connectivity index (χ1v) is 27.4. The molecule has 0 saturated carbocycles. The van der Waals surface area contributed by atoms with Crippen molar-refractivity contribution < 1.29 is 28.6 Å². The first-order valence-electron chi connectivity index (χ1n) is 27.4. The number of allylic oxidation sites excluding steroid dienone is 10. The van der Waals surface area contributed by atoms with Crippen molar-refractivity contribution in [1.82, 2.24) is 0 Å². The van der Waals surface area contributed by atoms with Crippen molar-refractivity contribution in [3.63, 3.8) is 0 Å². The highest BCUT2D eigenvalue weighted by Crippen LogP contribution is 2.16. The van der Waals surface area contributed by atoms with Gasteiger partial charge in [-0.25, -0.2) is 0 Å². The van der Waals surface area contributed by atoms with Crippen LogP contribution in [0.2, 0.25) is 0 Å². The molecule has 0 rings (SSSR count). The van der Waals surface area contributed by atoms with E-state index in [1.807, 2.05) is 48.6 Å². The maximum atomic E-state index is 12.8. The predicted octanol–water partition coefficient (Wildman–Crippen LogP) is 18.0. The number of rotatable bonds is 49. The predicted molar refractivity (Wildman–Crippen MR) is 275 cm³/mol. The Balaban J connectivity index is 4.37. The average Bonchev–Trinajstić information content (AvgIpc) is 3.29. The zero-order chi connectivity index (χ0) is 46.5. The summed E-state index contributed by atoms with van der Waals surface area (Å²) in [7, 11) is 0. The topological polar surface area (TPSA) is 78.9 Å². The van der Waals surface area contributed by atoms with Gasteiger partial charge >= 0.3 is 17.9 Å². The number of hydrogen-bond donors (Lipinski definition) is 0. The number of unbranched alkanes of at least 4 members (excludes halogenated alkanes) is 32. The average molecular weight is 895 g/mol. The van der Waals surface area contributed by atoms with Crippen LogP contribution in [-0.4, -0.2) is 37.2 Å². The molecule has 0 N–H and O–H groups in total. The third kappa shape index (κ3) is 50.1. The van der Waals surface area contributed by atoms with E-state index in [9.17, 15) is 14.4 Å². The van der Waals surface area contributed by atoms with E-state index in [-0.39, 0.29) is 37.5 Å². The third-order valence-electron chi connectivity index (χ3n) is 11.9. The maximum absolute atomic E-state index is 12.8. The number of hydrogen-bond acceptors (Lipinski definition) is 6. The van der Waals surface area contributed by atoms with Crippen LogP contribution in [-0.2, 0) is 28.6 Å². The van der Waals surface area contributed by atoms with Crippen LogP contribution in [0.4, 0.5) is 0 Å². The molecule has 0 aromatic rings. The van der Waals surface area contributed by atoms with Crippen LogP contribution < -0.4 is 0 Å². The minimum atomic E-state index is -0.792. The van der Waals surface area contributed by atoms with Crippen LogP contribution >= 0.6 is 0 Å². The molecule has 0 fully saturated rings. The maximum Gasteiger partial charge on any atom is 0.306 e. The largest absolute Gasteiger partial charge is 0.462 e. The van der Waals surface area contributed by atoms with E-state index in [1.54, 1.807) is 0 Å². The summed E-state index contributed by atoms with van der Waals surface area (Å²) in [5.41, 5.74) is 0. The van der Waals surface area contributed by atoms with Crippen molar-refractivity contribution in [3.8, 4) is 0 Å². The lowest BCUT2D eigenvalue weighted by Crippen LogP contribution is -2.30. The molecule has 0 saturated heterocycles. The minimum absolute atomic E-state index is 0.0880. The molecule has 64 heavy (non-hydrogen) atoms. The van der Waals surface area contributed by atoms with Crippen LogP contribution in [0.5, 0.6) is 0 Å². The van der Waals surface area contributed by atoms with Gasteiger partial charge in [0, 0.05) is 19.3 Å². The second-order valence-electron chi connectivity index (χ2n) is 18.2.